The van der Waals surface area contributed by atoms with Gasteiger partial charge in [0.15, 0.2) is 0 Å². The Morgan fingerprint density at radius 3 is 2.59 bits per heavy atom. The van der Waals surface area contributed by atoms with Crippen LogP contribution in [0.25, 0.3) is 6.08 Å². The van der Waals surface area contributed by atoms with Crippen molar-refractivity contribution in [2.24, 2.45) is 0 Å². The molecule has 148 valence electrons. The second kappa shape index (κ2) is 9.82. The molecule has 0 radical (unpaired) electrons. The monoisotopic (exact) mass is 489 g/mol. The number of nitrogens with zero attached hydrogens (tertiary/aromatic N) is 1. The molecule has 29 heavy (non-hydrogen) atoms. The van der Waals surface area contributed by atoms with Crippen molar-refractivity contribution >= 4 is 68.0 Å². The fourth-order valence-electron chi connectivity index (χ4n) is 2.50. The van der Waals surface area contributed by atoms with Gasteiger partial charge in [-0.25, -0.2) is 0 Å². The first-order chi connectivity index (χ1) is 13.9. The van der Waals surface area contributed by atoms with Gasteiger partial charge in [-0.1, -0.05) is 70.2 Å². The number of hydrogen-bond donors (Lipinski definition) is 2. The minimum absolute atomic E-state index is 0.00563. The molecule has 1 heterocycles. The number of halogens is 1. The molecule has 1 saturated heterocycles. The Morgan fingerprint density at radius 2 is 1.86 bits per heavy atom. The Labute approximate surface area is 185 Å². The third kappa shape index (κ3) is 5.75. The Hall–Kier alpha value is -2.49. The van der Waals surface area contributed by atoms with Gasteiger partial charge in [-0.05, 0) is 35.9 Å². The molecule has 0 atom stereocenters. The summed E-state index contributed by atoms with van der Waals surface area (Å²) in [6.07, 6.45) is 1.77. The minimum atomic E-state index is -0.417. The molecule has 3 rings (SSSR count). The van der Waals surface area contributed by atoms with E-state index in [1.54, 1.807) is 36.4 Å². The maximum Gasteiger partial charge on any atom is 0.269 e. The quantitative estimate of drug-likeness (QED) is 0.381. The fraction of sp³-hybridized carbons (Fsp3) is 0.100. The van der Waals surface area contributed by atoms with Crippen LogP contribution in [0.1, 0.15) is 22.3 Å². The van der Waals surface area contributed by atoms with Gasteiger partial charge in [0.25, 0.3) is 11.8 Å². The van der Waals surface area contributed by atoms with Gasteiger partial charge in [0, 0.05) is 23.0 Å². The van der Waals surface area contributed by atoms with Crippen LogP contribution in [0.15, 0.2) is 64.0 Å². The number of thiocarbonyl (C=S) groups is 1. The van der Waals surface area contributed by atoms with Crippen molar-refractivity contribution in [3.05, 3.63) is 75.1 Å². The molecule has 6 nitrogen and oxygen atoms in total. The highest BCUT2D eigenvalue weighted by Gasteiger charge is 2.32. The zero-order chi connectivity index (χ0) is 20.8. The van der Waals surface area contributed by atoms with Gasteiger partial charge >= 0.3 is 0 Å². The average Bonchev–Trinajstić information content (AvgIpc) is 2.98. The van der Waals surface area contributed by atoms with Crippen LogP contribution in [0.3, 0.4) is 0 Å². The molecule has 9 heteroatoms. The molecule has 1 fully saturated rings. The standard InChI is InChI=1S/C20H16BrN3O3S2/c21-15-8-4-5-13(11-15)12-16-19(27)24(20(28)29-16)10-9-17(25)22-23-18(26)14-6-2-1-3-7-14/h1-8,11-12H,9-10H2,(H,22,25)(H,23,26)/b16-12+. The number of amides is 3. The van der Waals surface area contributed by atoms with E-state index in [0.29, 0.717) is 14.8 Å². The van der Waals surface area contributed by atoms with Crippen LogP contribution in [0.4, 0.5) is 0 Å². The van der Waals surface area contributed by atoms with Gasteiger partial charge < -0.3 is 0 Å². The second-order valence-electron chi connectivity index (χ2n) is 6.01. The van der Waals surface area contributed by atoms with Crippen molar-refractivity contribution in [1.29, 1.82) is 0 Å². The molecular weight excluding hydrogens is 474 g/mol. The SMILES string of the molecule is O=C(CCN1C(=O)/C(=C\c2cccc(Br)c2)SC1=S)NNC(=O)c1ccccc1. The maximum absolute atomic E-state index is 12.6. The number of thioether (sulfide) groups is 1. The van der Waals surface area contributed by atoms with Crippen molar-refractivity contribution in [2.45, 2.75) is 6.42 Å². The summed E-state index contributed by atoms with van der Waals surface area (Å²) in [5.41, 5.74) is 6.00. The molecule has 3 amide bonds. The van der Waals surface area contributed by atoms with Crippen molar-refractivity contribution in [2.75, 3.05) is 6.54 Å². The molecule has 0 unspecified atom stereocenters. The van der Waals surface area contributed by atoms with Gasteiger partial charge in [0.05, 0.1) is 4.91 Å². The van der Waals surface area contributed by atoms with E-state index in [2.05, 4.69) is 26.8 Å². The van der Waals surface area contributed by atoms with E-state index in [1.807, 2.05) is 24.3 Å². The molecule has 1 aliphatic heterocycles. The second-order valence-corrected chi connectivity index (χ2v) is 8.60. The molecule has 0 aromatic heterocycles. The van der Waals surface area contributed by atoms with E-state index in [9.17, 15) is 14.4 Å². The van der Waals surface area contributed by atoms with E-state index in [0.717, 1.165) is 10.0 Å². The molecule has 0 spiro atoms. The van der Waals surface area contributed by atoms with Crippen LogP contribution >= 0.6 is 39.9 Å². The van der Waals surface area contributed by atoms with E-state index < -0.39 is 11.8 Å². The number of rotatable bonds is 5. The lowest BCUT2D eigenvalue weighted by Crippen LogP contribution is -2.43. The summed E-state index contributed by atoms with van der Waals surface area (Å²) in [5, 5.41) is 0. The lowest BCUT2D eigenvalue weighted by atomic mass is 10.2. The molecule has 2 aromatic rings. The number of carbonyl (C=O) groups excluding carboxylic acids is 3. The largest absolute Gasteiger partial charge is 0.292 e. The third-order valence-corrected chi connectivity index (χ3v) is 5.80. The van der Waals surface area contributed by atoms with Gasteiger partial charge in [-0.2, -0.15) is 0 Å². The maximum atomic E-state index is 12.6. The topological polar surface area (TPSA) is 78.5 Å². The van der Waals surface area contributed by atoms with E-state index in [1.165, 1.54) is 16.7 Å². The normalized spacial score (nSPS) is 14.9. The first kappa shape index (κ1) is 21.2. The lowest BCUT2D eigenvalue weighted by Gasteiger charge is -2.14. The minimum Gasteiger partial charge on any atom is -0.292 e. The number of hydrogen-bond acceptors (Lipinski definition) is 5. The Bertz CT molecular complexity index is 995. The van der Waals surface area contributed by atoms with Gasteiger partial charge in [-0.3, -0.25) is 30.1 Å². The van der Waals surface area contributed by atoms with Gasteiger partial charge in [0.2, 0.25) is 5.91 Å². The number of benzene rings is 2. The summed E-state index contributed by atoms with van der Waals surface area (Å²) in [7, 11) is 0. The van der Waals surface area contributed by atoms with Crippen molar-refractivity contribution < 1.29 is 14.4 Å². The predicted molar refractivity (Wildman–Crippen MR) is 121 cm³/mol. The average molecular weight is 490 g/mol. The molecule has 0 saturated carbocycles. The first-order valence-electron chi connectivity index (χ1n) is 8.59. The van der Waals surface area contributed by atoms with Crippen LogP contribution in [0, 0.1) is 0 Å². The highest BCUT2D eigenvalue weighted by atomic mass is 79.9. The summed E-state index contributed by atoms with van der Waals surface area (Å²) in [6, 6.07) is 16.1. The van der Waals surface area contributed by atoms with Crippen LogP contribution in [0.5, 0.6) is 0 Å². The van der Waals surface area contributed by atoms with Crippen LogP contribution in [-0.4, -0.2) is 33.5 Å². The van der Waals surface area contributed by atoms with E-state index in [-0.39, 0.29) is 18.9 Å². The number of hydrazine groups is 1. The summed E-state index contributed by atoms with van der Waals surface area (Å²) < 4.78 is 1.31. The molecule has 1 aliphatic rings. The van der Waals surface area contributed by atoms with Crippen molar-refractivity contribution in [1.82, 2.24) is 15.8 Å². The van der Waals surface area contributed by atoms with Crippen LogP contribution in [-0.2, 0) is 9.59 Å². The fourth-order valence-corrected chi connectivity index (χ4v) is 4.23. The summed E-state index contributed by atoms with van der Waals surface area (Å²) in [5.74, 6) is -1.07. The highest BCUT2D eigenvalue weighted by molar-refractivity contribution is 9.10. The molecule has 2 N–H and O–H groups in total. The molecular formula is C20H16BrN3O3S2. The number of nitrogens with one attached hydrogen (secondary N) is 2. The van der Waals surface area contributed by atoms with Crippen molar-refractivity contribution in [3.8, 4) is 0 Å². The van der Waals surface area contributed by atoms with E-state index >= 15 is 0 Å². The van der Waals surface area contributed by atoms with Crippen LogP contribution < -0.4 is 10.9 Å². The molecule has 0 aliphatic carbocycles. The summed E-state index contributed by atoms with van der Waals surface area (Å²) in [6.45, 7) is 0.132. The Morgan fingerprint density at radius 1 is 1.10 bits per heavy atom. The summed E-state index contributed by atoms with van der Waals surface area (Å²) >= 11 is 9.88. The Balaban J connectivity index is 1.52. The van der Waals surface area contributed by atoms with Crippen LogP contribution in [0.2, 0.25) is 0 Å². The summed E-state index contributed by atoms with van der Waals surface area (Å²) in [4.78, 5) is 38.5. The highest BCUT2D eigenvalue weighted by Crippen LogP contribution is 2.32. The predicted octanol–water partition coefficient (Wildman–Crippen LogP) is 3.50. The third-order valence-electron chi connectivity index (χ3n) is 3.93. The molecule has 0 bridgehead atoms. The zero-order valence-corrected chi connectivity index (χ0v) is 18.3. The Kier molecular flexibility index (Phi) is 7.18. The van der Waals surface area contributed by atoms with Crippen molar-refractivity contribution in [3.63, 3.8) is 0 Å². The zero-order valence-electron chi connectivity index (χ0n) is 15.1. The lowest BCUT2D eigenvalue weighted by molar-refractivity contribution is -0.124. The smallest absolute Gasteiger partial charge is 0.269 e. The van der Waals surface area contributed by atoms with Gasteiger partial charge in [-0.15, -0.1) is 0 Å². The van der Waals surface area contributed by atoms with Gasteiger partial charge in [0.1, 0.15) is 4.32 Å². The number of carbonyl (C=O) groups is 3. The first-order valence-corrected chi connectivity index (χ1v) is 10.6. The molecule has 2 aromatic carbocycles. The van der Waals surface area contributed by atoms with E-state index in [4.69, 9.17) is 12.2 Å².